The number of hydrogen-bond acceptors (Lipinski definition) is 5. The maximum atomic E-state index is 11.1. The van der Waals surface area contributed by atoms with Crippen LogP contribution >= 0.6 is 0 Å². The molecule has 0 radical (unpaired) electrons. The molecule has 0 saturated carbocycles. The Labute approximate surface area is 160 Å². The summed E-state index contributed by atoms with van der Waals surface area (Å²) in [5.74, 6) is 0. The summed E-state index contributed by atoms with van der Waals surface area (Å²) in [6.45, 7) is 1.96. The van der Waals surface area contributed by atoms with Crippen molar-refractivity contribution in [2.75, 3.05) is 0 Å². The molecule has 0 fully saturated rings. The molecule has 150 valence electrons. The fourth-order valence-electron chi connectivity index (χ4n) is 2.33. The topological polar surface area (TPSA) is 103 Å². The molecule has 0 aliphatic heterocycles. The van der Waals surface area contributed by atoms with Gasteiger partial charge in [0.2, 0.25) is 11.4 Å². The zero-order valence-electron chi connectivity index (χ0n) is 16.0. The average molecular weight is 378 g/mol. The second-order valence-corrected chi connectivity index (χ2v) is 6.06. The first-order chi connectivity index (χ1) is 13.0. The quantitative estimate of drug-likeness (QED) is 0.115. The molecule has 0 spiro atoms. The van der Waals surface area contributed by atoms with E-state index in [1.54, 1.807) is 24.3 Å². The number of nitrogens with zero attached hydrogens (tertiary/aromatic N) is 2. The minimum Gasteiger partial charge on any atom is -0.303 e. The molecule has 0 heterocycles. The Morgan fingerprint density at radius 3 is 1.89 bits per heavy atom. The van der Waals surface area contributed by atoms with Gasteiger partial charge in [0.1, 0.15) is 6.29 Å². The van der Waals surface area contributed by atoms with Crippen LogP contribution in [0.4, 0.5) is 0 Å². The lowest BCUT2D eigenvalue weighted by Crippen LogP contribution is -1.98. The second-order valence-electron chi connectivity index (χ2n) is 6.06. The fourth-order valence-corrected chi connectivity index (χ4v) is 2.33. The van der Waals surface area contributed by atoms with Crippen LogP contribution in [0.1, 0.15) is 71.1 Å². The van der Waals surface area contributed by atoms with Gasteiger partial charge >= 0.3 is 0 Å². The van der Waals surface area contributed by atoms with Crippen molar-refractivity contribution in [1.82, 2.24) is 0 Å². The summed E-state index contributed by atoms with van der Waals surface area (Å²) in [6, 6.07) is 0. The maximum absolute atomic E-state index is 11.1. The summed E-state index contributed by atoms with van der Waals surface area (Å²) >= 11 is 0. The summed E-state index contributed by atoms with van der Waals surface area (Å²) in [5, 5.41) is 22.0. The third kappa shape index (κ3) is 14.3. The van der Waals surface area contributed by atoms with Gasteiger partial charge in [0.25, 0.3) is 0 Å². The standard InChI is InChI=1S/C20H30N2O5/c1-2-3-9-14-19(21(24)25)16-11-8-12-17-20(22(26)27)15-10-6-4-5-7-13-18-23/h3,8-9,12,15-16,18H,2,4-7,10-11,13-14,17H2,1H3/b9-3+,12-8+,19-16-,20-15-. The molecule has 0 aromatic heterocycles. The highest BCUT2D eigenvalue weighted by atomic mass is 16.6. The van der Waals surface area contributed by atoms with Crippen LogP contribution in [0.5, 0.6) is 0 Å². The van der Waals surface area contributed by atoms with Crippen LogP contribution in [0, 0.1) is 20.2 Å². The van der Waals surface area contributed by atoms with Gasteiger partial charge in [-0.25, -0.2) is 0 Å². The molecule has 0 aromatic carbocycles. The molecule has 7 heteroatoms. The van der Waals surface area contributed by atoms with Gasteiger partial charge in [-0.05, 0) is 44.3 Å². The first-order valence-electron chi connectivity index (χ1n) is 9.43. The van der Waals surface area contributed by atoms with E-state index in [2.05, 4.69) is 0 Å². The Balaban J connectivity index is 4.38. The Kier molecular flexibility index (Phi) is 15.3. The molecule has 0 aromatic rings. The van der Waals surface area contributed by atoms with E-state index in [0.717, 1.165) is 38.4 Å². The van der Waals surface area contributed by atoms with Crippen LogP contribution in [-0.4, -0.2) is 16.1 Å². The van der Waals surface area contributed by atoms with E-state index < -0.39 is 4.92 Å². The summed E-state index contributed by atoms with van der Waals surface area (Å²) < 4.78 is 0. The van der Waals surface area contributed by atoms with Crippen LogP contribution in [0.15, 0.2) is 47.9 Å². The molecule has 0 saturated heterocycles. The molecule has 27 heavy (non-hydrogen) atoms. The number of carbonyl (C=O) groups is 1. The van der Waals surface area contributed by atoms with E-state index in [1.165, 1.54) is 6.08 Å². The number of unbranched alkanes of at least 4 members (excludes halogenated alkanes) is 5. The normalized spacial score (nSPS) is 12.8. The smallest absolute Gasteiger partial charge is 0.246 e. The highest BCUT2D eigenvalue weighted by molar-refractivity contribution is 5.48. The third-order valence-corrected chi connectivity index (χ3v) is 3.84. The minimum atomic E-state index is -0.398. The number of rotatable bonds is 16. The van der Waals surface area contributed by atoms with Crippen molar-refractivity contribution in [3.63, 3.8) is 0 Å². The van der Waals surface area contributed by atoms with Crippen molar-refractivity contribution in [3.05, 3.63) is 68.1 Å². The van der Waals surface area contributed by atoms with Crippen LogP contribution in [0.25, 0.3) is 0 Å². The number of allylic oxidation sites excluding steroid dienone is 6. The Hall–Kier alpha value is -2.57. The van der Waals surface area contributed by atoms with Crippen LogP contribution in [0.2, 0.25) is 0 Å². The van der Waals surface area contributed by atoms with E-state index in [4.69, 9.17) is 0 Å². The van der Waals surface area contributed by atoms with Crippen LogP contribution in [-0.2, 0) is 4.79 Å². The molecule has 0 bridgehead atoms. The molecule has 0 aliphatic carbocycles. The summed E-state index contributed by atoms with van der Waals surface area (Å²) in [7, 11) is 0. The predicted molar refractivity (Wildman–Crippen MR) is 106 cm³/mol. The molecule has 0 amide bonds. The number of carbonyl (C=O) groups excluding carboxylic acids is 1. The lowest BCUT2D eigenvalue weighted by molar-refractivity contribution is -0.427. The van der Waals surface area contributed by atoms with Gasteiger partial charge in [-0.1, -0.05) is 44.1 Å². The van der Waals surface area contributed by atoms with Gasteiger partial charge in [-0.3, -0.25) is 20.2 Å². The zero-order valence-corrected chi connectivity index (χ0v) is 16.0. The molecule has 0 unspecified atom stereocenters. The van der Waals surface area contributed by atoms with Crippen molar-refractivity contribution in [2.45, 2.75) is 71.1 Å². The second kappa shape index (κ2) is 16.9. The number of nitro groups is 2. The molecule has 7 nitrogen and oxygen atoms in total. The number of hydrogen-bond donors (Lipinski definition) is 0. The van der Waals surface area contributed by atoms with Crippen molar-refractivity contribution < 1.29 is 14.6 Å². The largest absolute Gasteiger partial charge is 0.303 e. The first-order valence-corrected chi connectivity index (χ1v) is 9.43. The average Bonchev–Trinajstić information content (AvgIpc) is 2.63. The van der Waals surface area contributed by atoms with Crippen molar-refractivity contribution in [1.29, 1.82) is 0 Å². The van der Waals surface area contributed by atoms with Crippen molar-refractivity contribution in [2.24, 2.45) is 0 Å². The van der Waals surface area contributed by atoms with Crippen molar-refractivity contribution in [3.8, 4) is 0 Å². The maximum Gasteiger partial charge on any atom is 0.246 e. The van der Waals surface area contributed by atoms with E-state index >= 15 is 0 Å². The molecule has 0 N–H and O–H groups in total. The van der Waals surface area contributed by atoms with Gasteiger partial charge in [-0.2, -0.15) is 0 Å². The minimum absolute atomic E-state index is 0.129. The predicted octanol–water partition coefficient (Wildman–Crippen LogP) is 5.54. The highest BCUT2D eigenvalue weighted by Gasteiger charge is 2.08. The van der Waals surface area contributed by atoms with E-state index in [-0.39, 0.29) is 29.2 Å². The first kappa shape index (κ1) is 24.4. The fraction of sp³-hybridized carbons (Fsp3) is 0.550. The van der Waals surface area contributed by atoms with E-state index in [1.807, 2.05) is 13.0 Å². The molecular weight excluding hydrogens is 348 g/mol. The Morgan fingerprint density at radius 1 is 0.778 bits per heavy atom. The van der Waals surface area contributed by atoms with Crippen LogP contribution < -0.4 is 0 Å². The van der Waals surface area contributed by atoms with Gasteiger partial charge < -0.3 is 4.79 Å². The monoisotopic (exact) mass is 378 g/mol. The lowest BCUT2D eigenvalue weighted by atomic mass is 10.1. The molecule has 0 rings (SSSR count). The molecular formula is C20H30N2O5. The lowest BCUT2D eigenvalue weighted by Gasteiger charge is -1.97. The van der Waals surface area contributed by atoms with Gasteiger partial charge in [0.05, 0.1) is 22.7 Å². The summed E-state index contributed by atoms with van der Waals surface area (Å²) in [5.41, 5.74) is 0.271. The van der Waals surface area contributed by atoms with E-state index in [9.17, 15) is 25.0 Å². The van der Waals surface area contributed by atoms with E-state index in [0.29, 0.717) is 19.3 Å². The van der Waals surface area contributed by atoms with Crippen molar-refractivity contribution >= 4 is 6.29 Å². The Bertz CT molecular complexity index is 577. The van der Waals surface area contributed by atoms with Crippen LogP contribution in [0.3, 0.4) is 0 Å². The number of aldehydes is 1. The Morgan fingerprint density at radius 2 is 1.33 bits per heavy atom. The zero-order chi connectivity index (χ0) is 20.3. The van der Waals surface area contributed by atoms with Gasteiger partial charge in [-0.15, -0.1) is 0 Å². The van der Waals surface area contributed by atoms with Gasteiger partial charge in [0.15, 0.2) is 0 Å². The summed E-state index contributed by atoms with van der Waals surface area (Å²) in [4.78, 5) is 31.4. The highest BCUT2D eigenvalue weighted by Crippen LogP contribution is 2.11. The SMILES string of the molecule is CC/C=C/C/C(=C/C/C=C/C/C(=C/CCCCCCC=O)[N+](=O)[O-])[N+](=O)[O-]. The van der Waals surface area contributed by atoms with Gasteiger partial charge in [0, 0.05) is 6.42 Å². The molecule has 0 atom stereocenters. The summed E-state index contributed by atoms with van der Waals surface area (Å²) in [6.07, 6.45) is 17.6. The molecule has 0 aliphatic rings. The third-order valence-electron chi connectivity index (χ3n) is 3.84.